The van der Waals surface area contributed by atoms with Crippen molar-refractivity contribution in [2.24, 2.45) is 0 Å². The highest BCUT2D eigenvalue weighted by molar-refractivity contribution is 5.93. The van der Waals surface area contributed by atoms with Crippen molar-refractivity contribution in [3.63, 3.8) is 0 Å². The standard InChI is InChI=1S/C15H20N2O4/c1-10-6-5-7-12(11(10)2)15(20)21-9-14(19)17(4)8-13(18)16-3/h5-7H,8-9H2,1-4H3,(H,16,18). The number of hydrogen-bond acceptors (Lipinski definition) is 4. The van der Waals surface area contributed by atoms with Crippen molar-refractivity contribution < 1.29 is 19.1 Å². The van der Waals surface area contributed by atoms with Crippen LogP contribution in [0.5, 0.6) is 0 Å². The third-order valence-corrected chi connectivity index (χ3v) is 3.24. The molecule has 6 heteroatoms. The second kappa shape index (κ2) is 7.42. The third kappa shape index (κ3) is 4.59. The summed E-state index contributed by atoms with van der Waals surface area (Å²) in [4.78, 5) is 36.1. The zero-order valence-corrected chi connectivity index (χ0v) is 12.7. The fourth-order valence-corrected chi connectivity index (χ4v) is 1.67. The smallest absolute Gasteiger partial charge is 0.338 e. The number of benzene rings is 1. The van der Waals surface area contributed by atoms with E-state index in [1.165, 1.54) is 19.0 Å². The molecule has 0 heterocycles. The monoisotopic (exact) mass is 292 g/mol. The van der Waals surface area contributed by atoms with Gasteiger partial charge in [-0.05, 0) is 31.0 Å². The Morgan fingerprint density at radius 1 is 1.24 bits per heavy atom. The Hall–Kier alpha value is -2.37. The van der Waals surface area contributed by atoms with E-state index in [0.29, 0.717) is 5.56 Å². The van der Waals surface area contributed by atoms with Crippen LogP contribution in [0.3, 0.4) is 0 Å². The summed E-state index contributed by atoms with van der Waals surface area (Å²) in [5.41, 5.74) is 2.25. The SMILES string of the molecule is CNC(=O)CN(C)C(=O)COC(=O)c1cccc(C)c1C. The maximum absolute atomic E-state index is 12.0. The number of esters is 1. The highest BCUT2D eigenvalue weighted by Crippen LogP contribution is 2.13. The zero-order valence-electron chi connectivity index (χ0n) is 12.7. The van der Waals surface area contributed by atoms with Crippen LogP contribution >= 0.6 is 0 Å². The number of likely N-dealkylation sites (N-methyl/N-ethyl adjacent to an activating group) is 2. The van der Waals surface area contributed by atoms with E-state index in [2.05, 4.69) is 5.32 Å². The lowest BCUT2D eigenvalue weighted by molar-refractivity contribution is -0.137. The van der Waals surface area contributed by atoms with Crippen LogP contribution in [0, 0.1) is 13.8 Å². The van der Waals surface area contributed by atoms with Crippen molar-refractivity contribution in [1.82, 2.24) is 10.2 Å². The van der Waals surface area contributed by atoms with Crippen molar-refractivity contribution in [2.75, 3.05) is 27.2 Å². The van der Waals surface area contributed by atoms with Crippen LogP contribution in [-0.2, 0) is 14.3 Å². The second-order valence-electron chi connectivity index (χ2n) is 4.75. The number of nitrogens with one attached hydrogen (secondary N) is 1. The van der Waals surface area contributed by atoms with Gasteiger partial charge >= 0.3 is 5.97 Å². The first-order valence-corrected chi connectivity index (χ1v) is 6.54. The summed E-state index contributed by atoms with van der Waals surface area (Å²) in [5.74, 6) is -1.26. The first kappa shape index (κ1) is 16.7. The number of aryl methyl sites for hydroxylation is 1. The molecule has 21 heavy (non-hydrogen) atoms. The summed E-state index contributed by atoms with van der Waals surface area (Å²) in [6.07, 6.45) is 0. The number of carbonyl (C=O) groups excluding carboxylic acids is 3. The van der Waals surface area contributed by atoms with E-state index in [-0.39, 0.29) is 19.1 Å². The van der Waals surface area contributed by atoms with Crippen LogP contribution in [0.1, 0.15) is 21.5 Å². The summed E-state index contributed by atoms with van der Waals surface area (Å²) in [7, 11) is 2.96. The summed E-state index contributed by atoms with van der Waals surface area (Å²) in [6.45, 7) is 3.26. The van der Waals surface area contributed by atoms with E-state index in [0.717, 1.165) is 11.1 Å². The highest BCUT2D eigenvalue weighted by Gasteiger charge is 2.16. The third-order valence-electron chi connectivity index (χ3n) is 3.24. The molecule has 1 aromatic rings. The molecule has 0 radical (unpaired) electrons. The number of amides is 2. The van der Waals surface area contributed by atoms with Gasteiger partial charge in [0.05, 0.1) is 12.1 Å². The minimum Gasteiger partial charge on any atom is -0.452 e. The molecule has 0 saturated heterocycles. The van der Waals surface area contributed by atoms with Crippen LogP contribution in [-0.4, -0.2) is 49.9 Å². The molecule has 0 aliphatic rings. The van der Waals surface area contributed by atoms with Gasteiger partial charge in [0.25, 0.3) is 5.91 Å². The van der Waals surface area contributed by atoms with Crippen LogP contribution in [0.25, 0.3) is 0 Å². The minimum absolute atomic E-state index is 0.0731. The Bertz CT molecular complexity index is 555. The van der Waals surface area contributed by atoms with Gasteiger partial charge < -0.3 is 15.0 Å². The van der Waals surface area contributed by atoms with Crippen molar-refractivity contribution in [2.45, 2.75) is 13.8 Å². The Morgan fingerprint density at radius 2 is 1.90 bits per heavy atom. The number of nitrogens with zero attached hydrogens (tertiary/aromatic N) is 1. The number of hydrogen-bond donors (Lipinski definition) is 1. The van der Waals surface area contributed by atoms with Crippen molar-refractivity contribution in [3.05, 3.63) is 34.9 Å². The minimum atomic E-state index is -0.544. The molecule has 0 unspecified atom stereocenters. The molecule has 0 atom stereocenters. The largest absolute Gasteiger partial charge is 0.452 e. The lowest BCUT2D eigenvalue weighted by Gasteiger charge is -2.16. The Labute approximate surface area is 124 Å². The fraction of sp³-hybridized carbons (Fsp3) is 0.400. The lowest BCUT2D eigenvalue weighted by Crippen LogP contribution is -2.39. The molecule has 1 rings (SSSR count). The van der Waals surface area contributed by atoms with Gasteiger partial charge in [-0.1, -0.05) is 12.1 Å². The predicted molar refractivity (Wildman–Crippen MR) is 77.9 cm³/mol. The molecule has 1 N–H and O–H groups in total. The molecule has 0 aromatic heterocycles. The van der Waals surface area contributed by atoms with E-state index >= 15 is 0 Å². The van der Waals surface area contributed by atoms with E-state index in [4.69, 9.17) is 4.74 Å². The van der Waals surface area contributed by atoms with Gasteiger partial charge in [-0.3, -0.25) is 9.59 Å². The van der Waals surface area contributed by atoms with Gasteiger partial charge in [0, 0.05) is 14.1 Å². The molecule has 0 fully saturated rings. The van der Waals surface area contributed by atoms with Gasteiger partial charge in [-0.25, -0.2) is 4.79 Å². The molecule has 2 amide bonds. The summed E-state index contributed by atoms with van der Waals surface area (Å²) in [5, 5.41) is 2.41. The quantitative estimate of drug-likeness (QED) is 0.809. The van der Waals surface area contributed by atoms with Gasteiger partial charge in [0.15, 0.2) is 6.61 Å². The maximum Gasteiger partial charge on any atom is 0.338 e. The van der Waals surface area contributed by atoms with E-state index in [9.17, 15) is 14.4 Å². The lowest BCUT2D eigenvalue weighted by atomic mass is 10.0. The maximum atomic E-state index is 12.0. The molecular formula is C15H20N2O4. The van der Waals surface area contributed by atoms with Gasteiger partial charge in [-0.15, -0.1) is 0 Å². The fourth-order valence-electron chi connectivity index (χ4n) is 1.67. The molecule has 6 nitrogen and oxygen atoms in total. The number of rotatable bonds is 5. The molecule has 1 aromatic carbocycles. The first-order chi connectivity index (χ1) is 9.86. The topological polar surface area (TPSA) is 75.7 Å². The number of ether oxygens (including phenoxy) is 1. The molecule has 0 aliphatic heterocycles. The van der Waals surface area contributed by atoms with Gasteiger partial charge in [0.1, 0.15) is 0 Å². The van der Waals surface area contributed by atoms with Crippen molar-refractivity contribution in [3.8, 4) is 0 Å². The van der Waals surface area contributed by atoms with Crippen molar-refractivity contribution >= 4 is 17.8 Å². The predicted octanol–water partition coefficient (Wildman–Crippen LogP) is 0.665. The van der Waals surface area contributed by atoms with Gasteiger partial charge in [-0.2, -0.15) is 0 Å². The average molecular weight is 292 g/mol. The van der Waals surface area contributed by atoms with Crippen molar-refractivity contribution in [1.29, 1.82) is 0 Å². The van der Waals surface area contributed by atoms with E-state index in [1.54, 1.807) is 12.1 Å². The van der Waals surface area contributed by atoms with E-state index < -0.39 is 11.9 Å². The van der Waals surface area contributed by atoms with Crippen LogP contribution in [0.2, 0.25) is 0 Å². The van der Waals surface area contributed by atoms with Crippen LogP contribution in [0.15, 0.2) is 18.2 Å². The first-order valence-electron chi connectivity index (χ1n) is 6.54. The molecular weight excluding hydrogens is 272 g/mol. The summed E-state index contributed by atoms with van der Waals surface area (Å²) < 4.78 is 5.00. The van der Waals surface area contributed by atoms with Gasteiger partial charge in [0.2, 0.25) is 5.91 Å². The Kier molecular flexibility index (Phi) is 5.90. The second-order valence-corrected chi connectivity index (χ2v) is 4.75. The highest BCUT2D eigenvalue weighted by atomic mass is 16.5. The molecule has 0 spiro atoms. The van der Waals surface area contributed by atoms with Crippen LogP contribution in [0.4, 0.5) is 0 Å². The molecule has 114 valence electrons. The zero-order chi connectivity index (χ0) is 16.0. The Balaban J connectivity index is 2.58. The number of carbonyl (C=O) groups is 3. The van der Waals surface area contributed by atoms with Crippen LogP contribution < -0.4 is 5.32 Å². The molecule has 0 aliphatic carbocycles. The Morgan fingerprint density at radius 3 is 2.52 bits per heavy atom. The average Bonchev–Trinajstić information content (AvgIpc) is 2.46. The normalized spacial score (nSPS) is 9.90. The molecule has 0 bridgehead atoms. The summed E-state index contributed by atoms with van der Waals surface area (Å²) >= 11 is 0. The summed E-state index contributed by atoms with van der Waals surface area (Å²) in [6, 6.07) is 5.32. The molecule has 0 saturated carbocycles. The van der Waals surface area contributed by atoms with E-state index in [1.807, 2.05) is 19.9 Å².